The summed E-state index contributed by atoms with van der Waals surface area (Å²) in [5.41, 5.74) is 2.02. The Kier molecular flexibility index (Phi) is 3.52. The number of nitrogens with zero attached hydrogens (tertiary/aromatic N) is 3. The number of aromatic nitrogens is 3. The molecule has 0 fully saturated rings. The summed E-state index contributed by atoms with van der Waals surface area (Å²) in [7, 11) is 0. The lowest BCUT2D eigenvalue weighted by molar-refractivity contribution is 0.533. The highest BCUT2D eigenvalue weighted by Crippen LogP contribution is 2.28. The summed E-state index contributed by atoms with van der Waals surface area (Å²) in [6, 6.07) is 6.13. The molecule has 0 radical (unpaired) electrons. The summed E-state index contributed by atoms with van der Waals surface area (Å²) in [6.45, 7) is 8.32. The SMILES string of the molecule is Cc1cc(Br)cc(-n2c(Cl)nnc2C(C)(C)C)c1. The van der Waals surface area contributed by atoms with Crippen LogP contribution in [-0.2, 0) is 5.41 Å². The topological polar surface area (TPSA) is 30.7 Å². The molecule has 0 N–H and O–H groups in total. The van der Waals surface area contributed by atoms with E-state index in [9.17, 15) is 0 Å². The fourth-order valence-corrected chi connectivity index (χ4v) is 2.64. The van der Waals surface area contributed by atoms with Crippen molar-refractivity contribution in [2.24, 2.45) is 0 Å². The molecule has 5 heteroatoms. The number of rotatable bonds is 1. The van der Waals surface area contributed by atoms with Crippen LogP contribution in [0.1, 0.15) is 32.2 Å². The summed E-state index contributed by atoms with van der Waals surface area (Å²) < 4.78 is 2.90. The predicted molar refractivity (Wildman–Crippen MR) is 77.5 cm³/mol. The Bertz CT molecular complexity index is 564. The average molecular weight is 329 g/mol. The third kappa shape index (κ3) is 2.59. The van der Waals surface area contributed by atoms with Gasteiger partial charge in [0.1, 0.15) is 5.82 Å². The highest BCUT2D eigenvalue weighted by Gasteiger charge is 2.24. The van der Waals surface area contributed by atoms with Gasteiger partial charge in [-0.1, -0.05) is 36.7 Å². The van der Waals surface area contributed by atoms with Crippen molar-refractivity contribution >= 4 is 27.5 Å². The Balaban J connectivity index is 2.67. The molecule has 0 spiro atoms. The van der Waals surface area contributed by atoms with Crippen LogP contribution in [-0.4, -0.2) is 14.8 Å². The Morgan fingerprint density at radius 1 is 1.17 bits per heavy atom. The molecule has 0 saturated carbocycles. The van der Waals surface area contributed by atoms with E-state index in [-0.39, 0.29) is 5.41 Å². The van der Waals surface area contributed by atoms with Crippen LogP contribution in [0.2, 0.25) is 5.28 Å². The molecule has 0 aliphatic carbocycles. The van der Waals surface area contributed by atoms with Crippen LogP contribution in [0.15, 0.2) is 22.7 Å². The van der Waals surface area contributed by atoms with E-state index >= 15 is 0 Å². The normalized spacial score (nSPS) is 11.9. The molecule has 1 heterocycles. The molecule has 96 valence electrons. The molecule has 0 bridgehead atoms. The van der Waals surface area contributed by atoms with Crippen molar-refractivity contribution in [3.8, 4) is 5.69 Å². The Labute approximate surface area is 120 Å². The van der Waals surface area contributed by atoms with Crippen molar-refractivity contribution in [2.45, 2.75) is 33.1 Å². The summed E-state index contributed by atoms with van der Waals surface area (Å²) in [4.78, 5) is 0. The van der Waals surface area contributed by atoms with Gasteiger partial charge in [-0.05, 0) is 42.3 Å². The zero-order valence-corrected chi connectivity index (χ0v) is 13.2. The van der Waals surface area contributed by atoms with Crippen LogP contribution >= 0.6 is 27.5 Å². The van der Waals surface area contributed by atoms with Crippen LogP contribution < -0.4 is 0 Å². The van der Waals surface area contributed by atoms with E-state index in [0.717, 1.165) is 21.5 Å². The van der Waals surface area contributed by atoms with Gasteiger partial charge >= 0.3 is 0 Å². The van der Waals surface area contributed by atoms with Gasteiger partial charge in [0.05, 0.1) is 5.69 Å². The summed E-state index contributed by atoms with van der Waals surface area (Å²) in [5.74, 6) is 0.852. The zero-order valence-electron chi connectivity index (χ0n) is 10.8. The Morgan fingerprint density at radius 2 is 1.83 bits per heavy atom. The van der Waals surface area contributed by atoms with Gasteiger partial charge in [0.25, 0.3) is 0 Å². The van der Waals surface area contributed by atoms with Gasteiger partial charge in [-0.2, -0.15) is 0 Å². The maximum Gasteiger partial charge on any atom is 0.229 e. The molecule has 2 aromatic rings. The van der Waals surface area contributed by atoms with E-state index in [0.29, 0.717) is 5.28 Å². The van der Waals surface area contributed by atoms with Crippen molar-refractivity contribution in [1.29, 1.82) is 0 Å². The average Bonchev–Trinajstić information content (AvgIpc) is 2.57. The van der Waals surface area contributed by atoms with Gasteiger partial charge in [-0.15, -0.1) is 10.2 Å². The summed E-state index contributed by atoms with van der Waals surface area (Å²) in [6.07, 6.45) is 0. The minimum Gasteiger partial charge on any atom is -0.269 e. The first-order valence-corrected chi connectivity index (χ1v) is 6.85. The molecule has 18 heavy (non-hydrogen) atoms. The molecule has 0 atom stereocenters. The van der Waals surface area contributed by atoms with Crippen molar-refractivity contribution in [3.05, 3.63) is 39.3 Å². The lowest BCUT2D eigenvalue weighted by Crippen LogP contribution is -2.18. The van der Waals surface area contributed by atoms with Crippen LogP contribution in [0.25, 0.3) is 5.69 Å². The standard InChI is InChI=1S/C13H15BrClN3/c1-8-5-9(14)7-10(6-8)18-11(13(2,3)4)16-17-12(18)15/h5-7H,1-4H3. The molecule has 1 aromatic carbocycles. The minimum absolute atomic E-state index is 0.115. The number of hydrogen-bond acceptors (Lipinski definition) is 2. The minimum atomic E-state index is -0.115. The number of hydrogen-bond donors (Lipinski definition) is 0. The van der Waals surface area contributed by atoms with Crippen LogP contribution in [0.4, 0.5) is 0 Å². The van der Waals surface area contributed by atoms with Gasteiger partial charge in [-0.3, -0.25) is 4.57 Å². The highest BCUT2D eigenvalue weighted by molar-refractivity contribution is 9.10. The lowest BCUT2D eigenvalue weighted by Gasteiger charge is -2.19. The third-order valence-corrected chi connectivity index (χ3v) is 3.28. The molecule has 0 amide bonds. The fraction of sp³-hybridized carbons (Fsp3) is 0.385. The second kappa shape index (κ2) is 4.67. The number of halogens is 2. The van der Waals surface area contributed by atoms with Gasteiger partial charge in [-0.25, -0.2) is 0 Å². The molecule has 0 aliphatic rings. The molecule has 3 nitrogen and oxygen atoms in total. The van der Waals surface area contributed by atoms with Gasteiger partial charge in [0, 0.05) is 9.89 Å². The van der Waals surface area contributed by atoms with Crippen molar-refractivity contribution < 1.29 is 0 Å². The molecular weight excluding hydrogens is 314 g/mol. The molecule has 0 saturated heterocycles. The summed E-state index contributed by atoms with van der Waals surface area (Å²) in [5, 5.41) is 8.56. The van der Waals surface area contributed by atoms with Crippen LogP contribution in [0.5, 0.6) is 0 Å². The smallest absolute Gasteiger partial charge is 0.229 e. The van der Waals surface area contributed by atoms with Crippen LogP contribution in [0, 0.1) is 6.92 Å². The van der Waals surface area contributed by atoms with E-state index in [1.165, 1.54) is 0 Å². The maximum absolute atomic E-state index is 6.16. The number of benzene rings is 1. The van der Waals surface area contributed by atoms with E-state index in [4.69, 9.17) is 11.6 Å². The van der Waals surface area contributed by atoms with Gasteiger partial charge in [0.15, 0.2) is 0 Å². The Morgan fingerprint density at radius 3 is 2.39 bits per heavy atom. The highest BCUT2D eigenvalue weighted by atomic mass is 79.9. The van der Waals surface area contributed by atoms with Gasteiger partial charge < -0.3 is 0 Å². The third-order valence-electron chi connectivity index (χ3n) is 2.58. The van der Waals surface area contributed by atoms with E-state index in [2.05, 4.69) is 59.0 Å². The maximum atomic E-state index is 6.16. The first-order chi connectivity index (χ1) is 8.29. The first kappa shape index (κ1) is 13.6. The van der Waals surface area contributed by atoms with Crippen molar-refractivity contribution in [1.82, 2.24) is 14.8 Å². The van der Waals surface area contributed by atoms with E-state index in [1.807, 2.05) is 17.6 Å². The number of aryl methyl sites for hydroxylation is 1. The molecule has 1 aromatic heterocycles. The zero-order chi connectivity index (χ0) is 13.5. The monoisotopic (exact) mass is 327 g/mol. The van der Waals surface area contributed by atoms with Gasteiger partial charge in [0.2, 0.25) is 5.28 Å². The second-order valence-electron chi connectivity index (χ2n) is 5.36. The lowest BCUT2D eigenvalue weighted by atomic mass is 9.95. The van der Waals surface area contributed by atoms with E-state index < -0.39 is 0 Å². The molecular formula is C13H15BrClN3. The Hall–Kier alpha value is -0.870. The largest absolute Gasteiger partial charge is 0.269 e. The van der Waals surface area contributed by atoms with Crippen molar-refractivity contribution in [2.75, 3.05) is 0 Å². The van der Waals surface area contributed by atoms with Crippen LogP contribution in [0.3, 0.4) is 0 Å². The predicted octanol–water partition coefficient (Wildman–Crippen LogP) is 4.29. The molecule has 0 unspecified atom stereocenters. The van der Waals surface area contributed by atoms with E-state index in [1.54, 1.807) is 0 Å². The second-order valence-corrected chi connectivity index (χ2v) is 6.62. The quantitative estimate of drug-likeness (QED) is 0.782. The first-order valence-electron chi connectivity index (χ1n) is 5.68. The fourth-order valence-electron chi connectivity index (χ4n) is 1.83. The molecule has 0 aliphatic heterocycles. The molecule has 2 rings (SSSR count). The summed E-state index contributed by atoms with van der Waals surface area (Å²) >= 11 is 9.67. The van der Waals surface area contributed by atoms with Crippen molar-refractivity contribution in [3.63, 3.8) is 0 Å².